The van der Waals surface area contributed by atoms with Crippen molar-refractivity contribution in [3.05, 3.63) is 102 Å². The molecule has 2 aromatic carbocycles. The van der Waals surface area contributed by atoms with Crippen molar-refractivity contribution in [2.75, 3.05) is 0 Å². The first-order chi connectivity index (χ1) is 15.4. The largest absolute Gasteiger partial charge is 0.494 e. The first-order valence-electron chi connectivity index (χ1n) is 9.57. The van der Waals surface area contributed by atoms with Gasteiger partial charge < -0.3 is 10.1 Å². The summed E-state index contributed by atoms with van der Waals surface area (Å²) in [6, 6.07) is 15.7. The Morgan fingerprint density at radius 2 is 1.72 bits per heavy atom. The number of fused-ring (bicyclic) bond motifs is 2. The van der Waals surface area contributed by atoms with E-state index in [4.69, 9.17) is 0 Å². The number of H-pyrrole nitrogens is 3. The minimum Gasteiger partial charge on any atom is -0.494 e. The van der Waals surface area contributed by atoms with Crippen LogP contribution < -0.4 is 16.8 Å². The summed E-state index contributed by atoms with van der Waals surface area (Å²) < 4.78 is 0. The lowest BCUT2D eigenvalue weighted by molar-refractivity contribution is 0.447. The van der Waals surface area contributed by atoms with Crippen molar-refractivity contribution in [1.82, 2.24) is 19.9 Å². The molecule has 1 aliphatic rings. The highest BCUT2D eigenvalue weighted by molar-refractivity contribution is 6.17. The molecule has 1 atom stereocenters. The molecule has 10 nitrogen and oxygen atoms in total. The molecule has 5 rings (SSSR count). The maximum Gasteiger partial charge on any atom is 0.328 e. The molecule has 2 aromatic heterocycles. The SMILES string of the molecule is N#CCC1(c2nc3ccccc3c(=O)[nH]2)N=C(c2c(O)[nH]c(=O)[nH]c2=O)c2ccccc21. The molecule has 0 saturated heterocycles. The molecule has 0 radical (unpaired) electrons. The van der Waals surface area contributed by atoms with Gasteiger partial charge in [0, 0.05) is 5.56 Å². The van der Waals surface area contributed by atoms with Crippen LogP contribution in [0.1, 0.15) is 28.9 Å². The predicted molar refractivity (Wildman–Crippen MR) is 115 cm³/mol. The lowest BCUT2D eigenvalue weighted by atomic mass is 9.85. The Morgan fingerprint density at radius 1 is 0.969 bits per heavy atom. The van der Waals surface area contributed by atoms with Crippen molar-refractivity contribution in [3.8, 4) is 11.9 Å². The van der Waals surface area contributed by atoms with Gasteiger partial charge in [-0.25, -0.2) is 9.78 Å². The average Bonchev–Trinajstić information content (AvgIpc) is 3.09. The fourth-order valence-corrected chi connectivity index (χ4v) is 4.04. The highest BCUT2D eigenvalue weighted by atomic mass is 16.3. The smallest absolute Gasteiger partial charge is 0.328 e. The third-order valence-corrected chi connectivity index (χ3v) is 5.43. The first kappa shape index (κ1) is 19.2. The molecule has 0 spiro atoms. The molecule has 4 N–H and O–H groups in total. The van der Waals surface area contributed by atoms with E-state index >= 15 is 0 Å². The van der Waals surface area contributed by atoms with Gasteiger partial charge in [-0.05, 0) is 17.7 Å². The maximum absolute atomic E-state index is 12.8. The van der Waals surface area contributed by atoms with E-state index in [1.165, 1.54) is 0 Å². The maximum atomic E-state index is 12.8. The van der Waals surface area contributed by atoms with Crippen LogP contribution in [0, 0.1) is 11.3 Å². The number of nitrogens with one attached hydrogen (secondary N) is 3. The standard InChI is InChI=1S/C22H14N6O4/c23-10-9-22(20-24-14-8-4-2-6-12(14)17(29)25-20)13-7-3-1-5-11(13)16(28-22)15-18(30)26-21(32)27-19(15)31/h1-8H,9H2,(H,24,25,29)(H3,26,27,30,31,32). The Kier molecular flexibility index (Phi) is 4.13. The summed E-state index contributed by atoms with van der Waals surface area (Å²) in [5.74, 6) is -0.523. The molecule has 32 heavy (non-hydrogen) atoms. The zero-order chi connectivity index (χ0) is 22.5. The van der Waals surface area contributed by atoms with Crippen LogP contribution in [0.25, 0.3) is 10.9 Å². The number of nitriles is 1. The first-order valence-corrected chi connectivity index (χ1v) is 9.57. The van der Waals surface area contributed by atoms with E-state index in [-0.39, 0.29) is 23.5 Å². The molecule has 156 valence electrons. The van der Waals surface area contributed by atoms with Gasteiger partial charge in [0.2, 0.25) is 5.88 Å². The van der Waals surface area contributed by atoms with Crippen LogP contribution in [0.15, 0.2) is 67.9 Å². The Labute approximate surface area is 178 Å². The molecular formula is C22H14N6O4. The Bertz CT molecular complexity index is 1660. The third-order valence-electron chi connectivity index (χ3n) is 5.43. The molecule has 1 unspecified atom stereocenters. The number of benzene rings is 2. The number of aromatic nitrogens is 4. The van der Waals surface area contributed by atoms with Gasteiger partial charge in [0.05, 0.1) is 29.1 Å². The van der Waals surface area contributed by atoms with Gasteiger partial charge in [-0.3, -0.25) is 24.5 Å². The Hall–Kier alpha value is -4.78. The molecule has 1 aliphatic heterocycles. The van der Waals surface area contributed by atoms with E-state index in [0.717, 1.165) is 0 Å². The molecule has 0 bridgehead atoms. The molecule has 3 heterocycles. The van der Waals surface area contributed by atoms with Crippen LogP contribution in [0.5, 0.6) is 5.88 Å². The number of aromatic amines is 3. The number of hydrogen-bond acceptors (Lipinski definition) is 7. The van der Waals surface area contributed by atoms with Crippen molar-refractivity contribution < 1.29 is 5.11 Å². The minimum atomic E-state index is -1.43. The van der Waals surface area contributed by atoms with E-state index in [2.05, 4.69) is 31.0 Å². The summed E-state index contributed by atoms with van der Waals surface area (Å²) in [5, 5.41) is 20.4. The molecule has 0 saturated carbocycles. The monoisotopic (exact) mass is 426 g/mol. The van der Waals surface area contributed by atoms with Crippen molar-refractivity contribution >= 4 is 16.6 Å². The highest BCUT2D eigenvalue weighted by Gasteiger charge is 2.45. The highest BCUT2D eigenvalue weighted by Crippen LogP contribution is 2.43. The number of aromatic hydroxyl groups is 1. The molecular weight excluding hydrogens is 412 g/mol. The number of nitrogens with zero attached hydrogens (tertiary/aromatic N) is 3. The van der Waals surface area contributed by atoms with E-state index < -0.39 is 28.2 Å². The summed E-state index contributed by atoms with van der Waals surface area (Å²) in [7, 11) is 0. The lowest BCUT2D eigenvalue weighted by Gasteiger charge is -2.24. The fourth-order valence-electron chi connectivity index (χ4n) is 4.04. The summed E-state index contributed by atoms with van der Waals surface area (Å²) in [5.41, 5.74) is -2.30. The van der Waals surface area contributed by atoms with Crippen LogP contribution in [-0.2, 0) is 5.54 Å². The molecule has 0 fully saturated rings. The normalized spacial score (nSPS) is 17.0. The van der Waals surface area contributed by atoms with Gasteiger partial charge >= 0.3 is 5.69 Å². The van der Waals surface area contributed by atoms with Crippen molar-refractivity contribution in [1.29, 1.82) is 5.26 Å². The van der Waals surface area contributed by atoms with Crippen molar-refractivity contribution in [2.24, 2.45) is 4.99 Å². The topological polar surface area (TPSA) is 168 Å². The lowest BCUT2D eigenvalue weighted by Crippen LogP contribution is -2.29. The van der Waals surface area contributed by atoms with Gasteiger partial charge in [0.25, 0.3) is 11.1 Å². The zero-order valence-corrected chi connectivity index (χ0v) is 16.3. The van der Waals surface area contributed by atoms with Gasteiger partial charge in [-0.2, -0.15) is 5.26 Å². The summed E-state index contributed by atoms with van der Waals surface area (Å²) in [6.45, 7) is 0. The van der Waals surface area contributed by atoms with Crippen LogP contribution in [0.4, 0.5) is 0 Å². The Morgan fingerprint density at radius 3 is 2.50 bits per heavy atom. The average molecular weight is 426 g/mol. The van der Waals surface area contributed by atoms with Gasteiger partial charge in [-0.15, -0.1) is 0 Å². The van der Waals surface area contributed by atoms with E-state index in [1.54, 1.807) is 48.5 Å². The summed E-state index contributed by atoms with van der Waals surface area (Å²) >= 11 is 0. The second-order valence-corrected chi connectivity index (χ2v) is 7.26. The number of hydrogen-bond donors (Lipinski definition) is 4. The van der Waals surface area contributed by atoms with E-state index in [0.29, 0.717) is 22.0 Å². The molecule has 0 aliphatic carbocycles. The molecule has 10 heteroatoms. The van der Waals surface area contributed by atoms with E-state index in [1.807, 2.05) is 0 Å². The predicted octanol–water partition coefficient (Wildman–Crippen LogP) is 1.01. The molecule has 0 amide bonds. The van der Waals surface area contributed by atoms with Crippen molar-refractivity contribution in [2.45, 2.75) is 12.0 Å². The zero-order valence-electron chi connectivity index (χ0n) is 16.3. The van der Waals surface area contributed by atoms with Crippen LogP contribution in [0.3, 0.4) is 0 Å². The Balaban J connectivity index is 1.88. The van der Waals surface area contributed by atoms with Crippen LogP contribution in [-0.4, -0.2) is 30.8 Å². The second-order valence-electron chi connectivity index (χ2n) is 7.26. The van der Waals surface area contributed by atoms with E-state index in [9.17, 15) is 24.8 Å². The number of aliphatic imine (C=N–C) groups is 1. The molecule has 4 aromatic rings. The fraction of sp³-hybridized carbons (Fsp3) is 0.0909. The van der Waals surface area contributed by atoms with Crippen LogP contribution >= 0.6 is 0 Å². The number of para-hydroxylation sites is 1. The second kappa shape index (κ2) is 6.88. The minimum absolute atomic E-state index is 0.0710. The third kappa shape index (κ3) is 2.69. The quantitative estimate of drug-likeness (QED) is 0.381. The summed E-state index contributed by atoms with van der Waals surface area (Å²) in [4.78, 5) is 53.0. The van der Waals surface area contributed by atoms with Crippen LogP contribution in [0.2, 0.25) is 0 Å². The van der Waals surface area contributed by atoms with Gasteiger partial charge in [-0.1, -0.05) is 36.4 Å². The summed E-state index contributed by atoms with van der Waals surface area (Å²) in [6.07, 6.45) is -0.198. The van der Waals surface area contributed by atoms with Gasteiger partial charge in [0.1, 0.15) is 11.4 Å². The van der Waals surface area contributed by atoms with Gasteiger partial charge in [0.15, 0.2) is 5.54 Å². The number of rotatable bonds is 3. The van der Waals surface area contributed by atoms with Crippen molar-refractivity contribution in [3.63, 3.8) is 0 Å².